The van der Waals surface area contributed by atoms with Crippen LogP contribution in [0, 0.1) is 6.92 Å². The third-order valence-corrected chi connectivity index (χ3v) is 9.06. The Morgan fingerprint density at radius 2 is 1.74 bits per heavy atom. The molecule has 1 N–H and O–H groups in total. The second kappa shape index (κ2) is 11.1. The fraction of sp³-hybridized carbons (Fsp3) is 0.308. The molecule has 0 saturated carbocycles. The van der Waals surface area contributed by atoms with Gasteiger partial charge in [-0.3, -0.25) is 4.72 Å². The molecule has 1 heterocycles. The van der Waals surface area contributed by atoms with E-state index in [1.807, 2.05) is 43.3 Å². The first-order valence-corrected chi connectivity index (χ1v) is 14.2. The molecule has 186 valence electrons. The molecule has 0 unspecified atom stereocenters. The van der Waals surface area contributed by atoms with E-state index >= 15 is 0 Å². The Morgan fingerprint density at radius 1 is 1.03 bits per heavy atom. The topological polar surface area (TPSA) is 61.9 Å². The summed E-state index contributed by atoms with van der Waals surface area (Å²) in [7, 11) is -0.167. The summed E-state index contributed by atoms with van der Waals surface area (Å²) in [5.41, 5.74) is 3.31. The van der Waals surface area contributed by atoms with E-state index in [4.69, 9.17) is 16.3 Å². The van der Waals surface area contributed by atoms with Gasteiger partial charge in [-0.15, -0.1) is 11.8 Å². The lowest BCUT2D eigenvalue weighted by atomic mass is 10.2. The highest BCUT2D eigenvalue weighted by atomic mass is 35.5. The van der Waals surface area contributed by atoms with Gasteiger partial charge in [0.05, 0.1) is 18.5 Å². The van der Waals surface area contributed by atoms with Gasteiger partial charge in [0.25, 0.3) is 10.0 Å². The molecule has 0 aliphatic carbocycles. The monoisotopic (exact) mass is 531 g/mol. The number of thioether (sulfide) groups is 1. The molecule has 0 aromatic heterocycles. The first-order chi connectivity index (χ1) is 16.8. The summed E-state index contributed by atoms with van der Waals surface area (Å²) in [5, 5.41) is 0.389. The summed E-state index contributed by atoms with van der Waals surface area (Å²) in [6, 6.07) is 18.7. The Bertz CT molecular complexity index is 1280. The second-order valence-electron chi connectivity index (χ2n) is 8.61. The number of methoxy groups -OCH3 is 1. The second-order valence-corrected chi connectivity index (χ2v) is 11.7. The highest BCUT2D eigenvalue weighted by Crippen LogP contribution is 2.37. The zero-order chi connectivity index (χ0) is 25.0. The van der Waals surface area contributed by atoms with Gasteiger partial charge in [-0.25, -0.2) is 8.42 Å². The van der Waals surface area contributed by atoms with Crippen LogP contribution in [0.4, 0.5) is 11.4 Å². The predicted molar refractivity (Wildman–Crippen MR) is 146 cm³/mol. The summed E-state index contributed by atoms with van der Waals surface area (Å²) < 4.78 is 35.5. The molecule has 0 amide bonds. The average molecular weight is 532 g/mol. The Morgan fingerprint density at radius 3 is 2.43 bits per heavy atom. The first-order valence-electron chi connectivity index (χ1n) is 11.4. The fourth-order valence-corrected chi connectivity index (χ4v) is 7.14. The smallest absolute Gasteiger partial charge is 0.263 e. The number of sulfonamides is 1. The number of nitrogens with one attached hydrogen (secondary N) is 1. The maximum Gasteiger partial charge on any atom is 0.263 e. The molecule has 9 heteroatoms. The van der Waals surface area contributed by atoms with E-state index in [-0.39, 0.29) is 4.90 Å². The predicted octanol–water partition coefficient (Wildman–Crippen LogP) is 5.50. The van der Waals surface area contributed by atoms with Crippen molar-refractivity contribution in [2.75, 3.05) is 50.0 Å². The van der Waals surface area contributed by atoms with Gasteiger partial charge in [0.2, 0.25) is 0 Å². The molecule has 0 bridgehead atoms. The van der Waals surface area contributed by atoms with Crippen molar-refractivity contribution in [2.45, 2.75) is 22.5 Å². The van der Waals surface area contributed by atoms with Crippen LogP contribution in [0.3, 0.4) is 0 Å². The molecule has 3 aromatic rings. The van der Waals surface area contributed by atoms with E-state index in [1.165, 1.54) is 17.8 Å². The van der Waals surface area contributed by atoms with Gasteiger partial charge in [-0.2, -0.15) is 0 Å². The quantitative estimate of drug-likeness (QED) is 0.387. The third kappa shape index (κ3) is 6.25. The van der Waals surface area contributed by atoms with Crippen molar-refractivity contribution in [3.05, 3.63) is 76.8 Å². The third-order valence-electron chi connectivity index (χ3n) is 6.00. The van der Waals surface area contributed by atoms with Crippen LogP contribution in [0.25, 0.3) is 0 Å². The molecule has 1 aliphatic rings. The molecule has 1 saturated heterocycles. The van der Waals surface area contributed by atoms with Gasteiger partial charge in [0.15, 0.2) is 0 Å². The number of ether oxygens (including phenoxy) is 1. The average Bonchev–Trinajstić information content (AvgIpc) is 2.84. The SMILES string of the molecule is COc1ccc(NS(=O)(=O)c2cc(Cl)cc(C)c2SCc2ccccc2)cc1N1CCN(C)CC1. The molecule has 0 spiro atoms. The number of benzene rings is 3. The Labute approximate surface area is 217 Å². The number of anilines is 2. The molecule has 1 fully saturated rings. The summed E-state index contributed by atoms with van der Waals surface area (Å²) >= 11 is 7.79. The lowest BCUT2D eigenvalue weighted by Crippen LogP contribution is -2.44. The largest absolute Gasteiger partial charge is 0.495 e. The normalized spacial score (nSPS) is 14.7. The molecule has 6 nitrogen and oxygen atoms in total. The van der Waals surface area contributed by atoms with Crippen LogP contribution in [0.2, 0.25) is 5.02 Å². The van der Waals surface area contributed by atoms with Crippen LogP contribution in [0.1, 0.15) is 11.1 Å². The van der Waals surface area contributed by atoms with E-state index in [0.717, 1.165) is 48.7 Å². The molecular weight excluding hydrogens is 502 g/mol. The van der Waals surface area contributed by atoms with Crippen LogP contribution in [0.15, 0.2) is 70.5 Å². The fourth-order valence-electron chi connectivity index (χ4n) is 4.07. The minimum atomic E-state index is -3.89. The zero-order valence-electron chi connectivity index (χ0n) is 20.1. The summed E-state index contributed by atoms with van der Waals surface area (Å²) in [6.45, 7) is 5.44. The van der Waals surface area contributed by atoms with Crippen molar-refractivity contribution >= 4 is 44.8 Å². The van der Waals surface area contributed by atoms with E-state index in [0.29, 0.717) is 21.4 Å². The van der Waals surface area contributed by atoms with Crippen molar-refractivity contribution in [3.63, 3.8) is 0 Å². The van der Waals surface area contributed by atoms with Crippen molar-refractivity contribution in [1.29, 1.82) is 0 Å². The van der Waals surface area contributed by atoms with Crippen LogP contribution in [-0.2, 0) is 15.8 Å². The van der Waals surface area contributed by atoms with Crippen molar-refractivity contribution in [2.24, 2.45) is 0 Å². The van der Waals surface area contributed by atoms with Gasteiger partial charge < -0.3 is 14.5 Å². The van der Waals surface area contributed by atoms with Crippen molar-refractivity contribution in [1.82, 2.24) is 4.90 Å². The van der Waals surface area contributed by atoms with Gasteiger partial charge in [-0.1, -0.05) is 41.9 Å². The van der Waals surface area contributed by atoms with Crippen LogP contribution in [0.5, 0.6) is 5.75 Å². The minimum absolute atomic E-state index is 0.181. The maximum atomic E-state index is 13.6. The Hall–Kier alpha value is -2.39. The van der Waals surface area contributed by atoms with E-state index in [2.05, 4.69) is 21.6 Å². The zero-order valence-corrected chi connectivity index (χ0v) is 22.5. The minimum Gasteiger partial charge on any atom is -0.495 e. The van der Waals surface area contributed by atoms with E-state index in [1.54, 1.807) is 25.3 Å². The van der Waals surface area contributed by atoms with E-state index < -0.39 is 10.0 Å². The summed E-state index contributed by atoms with van der Waals surface area (Å²) in [5.74, 6) is 1.37. The highest BCUT2D eigenvalue weighted by molar-refractivity contribution is 7.99. The highest BCUT2D eigenvalue weighted by Gasteiger charge is 2.24. The van der Waals surface area contributed by atoms with Crippen LogP contribution in [-0.4, -0.2) is 53.7 Å². The van der Waals surface area contributed by atoms with Gasteiger partial charge in [0.1, 0.15) is 10.6 Å². The number of hydrogen-bond acceptors (Lipinski definition) is 6. The molecule has 0 atom stereocenters. The number of halogens is 1. The van der Waals surface area contributed by atoms with Gasteiger partial charge >= 0.3 is 0 Å². The number of hydrogen-bond donors (Lipinski definition) is 1. The van der Waals surface area contributed by atoms with E-state index in [9.17, 15) is 8.42 Å². The number of piperazine rings is 1. The number of likely N-dealkylation sites (N-methyl/N-ethyl adjacent to an activating group) is 1. The van der Waals surface area contributed by atoms with Gasteiger partial charge in [0, 0.05) is 41.8 Å². The maximum absolute atomic E-state index is 13.6. The molecule has 0 radical (unpaired) electrons. The van der Waals surface area contributed by atoms with Crippen LogP contribution < -0.4 is 14.4 Å². The number of nitrogens with zero attached hydrogens (tertiary/aromatic N) is 2. The summed E-state index contributed by atoms with van der Waals surface area (Å²) in [6.07, 6.45) is 0. The van der Waals surface area contributed by atoms with Crippen molar-refractivity contribution < 1.29 is 13.2 Å². The van der Waals surface area contributed by atoms with Crippen molar-refractivity contribution in [3.8, 4) is 5.75 Å². The lowest BCUT2D eigenvalue weighted by Gasteiger charge is -2.35. The standard InChI is InChI=1S/C26H30ClN3O3S2/c1-19-15-21(27)16-25(26(19)34-18-20-7-5-4-6-8-20)35(31,32)28-22-9-10-24(33-3)23(17-22)30-13-11-29(2)12-14-30/h4-10,15-17,28H,11-14,18H2,1-3H3. The Balaban J connectivity index is 1.63. The molecular formula is C26H30ClN3O3S2. The lowest BCUT2D eigenvalue weighted by molar-refractivity contribution is 0.311. The molecule has 1 aliphatic heterocycles. The van der Waals surface area contributed by atoms with Gasteiger partial charge in [-0.05, 0) is 55.4 Å². The number of aryl methyl sites for hydroxylation is 1. The first kappa shape index (κ1) is 25.7. The summed E-state index contributed by atoms with van der Waals surface area (Å²) in [4.78, 5) is 5.37. The Kier molecular flexibility index (Phi) is 8.16. The number of rotatable bonds is 8. The molecule has 4 rings (SSSR count). The molecule has 3 aromatic carbocycles. The van der Waals surface area contributed by atoms with Crippen LogP contribution >= 0.6 is 23.4 Å². The molecule has 35 heavy (non-hydrogen) atoms.